The van der Waals surface area contributed by atoms with Crippen molar-refractivity contribution in [1.82, 2.24) is 0 Å². The van der Waals surface area contributed by atoms with Gasteiger partial charge in [0.15, 0.2) is 12.2 Å². The highest BCUT2D eigenvalue weighted by Gasteiger charge is 2.30. The molecule has 17 nitrogen and oxygen atoms in total. The Morgan fingerprint density at radius 2 is 0.474 bits per heavy atom. The molecule has 19 heteroatoms. The monoisotopic (exact) mass is 1420 g/mol. The molecule has 0 aromatic rings. The predicted octanol–water partition coefficient (Wildman–Crippen LogP) is 23.3. The first-order valence-electron chi connectivity index (χ1n) is 40.6. The van der Waals surface area contributed by atoms with Gasteiger partial charge in [0.25, 0.3) is 0 Å². The molecule has 0 bridgehead atoms. The van der Waals surface area contributed by atoms with E-state index in [-0.39, 0.29) is 25.7 Å². The summed E-state index contributed by atoms with van der Waals surface area (Å²) in [5, 5.41) is 10.6. The van der Waals surface area contributed by atoms with Crippen LogP contribution in [0.5, 0.6) is 0 Å². The maximum absolute atomic E-state index is 13.1. The molecule has 97 heavy (non-hydrogen) atoms. The first kappa shape index (κ1) is 95.1. The molecule has 0 heterocycles. The molecule has 0 aliphatic heterocycles. The molecule has 2 unspecified atom stereocenters. The number of carbonyl (C=O) groups excluding carboxylic acids is 4. The normalized spacial score (nSPS) is 13.9. The molecular weight excluding hydrogens is 1270 g/mol. The van der Waals surface area contributed by atoms with Crippen molar-refractivity contribution in [1.29, 1.82) is 0 Å². The Bertz CT molecular complexity index is 1860. The van der Waals surface area contributed by atoms with Crippen molar-refractivity contribution in [3.63, 3.8) is 0 Å². The Morgan fingerprint density at radius 3 is 0.701 bits per heavy atom. The number of esters is 4. The van der Waals surface area contributed by atoms with Gasteiger partial charge in [-0.15, -0.1) is 0 Å². The van der Waals surface area contributed by atoms with Gasteiger partial charge in [-0.3, -0.25) is 37.3 Å². The number of ether oxygens (including phenoxy) is 4. The zero-order valence-corrected chi connectivity index (χ0v) is 65.0. The van der Waals surface area contributed by atoms with Gasteiger partial charge in [0.2, 0.25) is 0 Å². The number of hydrogen-bond donors (Lipinski definition) is 3. The van der Waals surface area contributed by atoms with Crippen LogP contribution in [-0.2, 0) is 65.4 Å². The third-order valence-corrected chi connectivity index (χ3v) is 20.2. The second kappa shape index (κ2) is 71.1. The van der Waals surface area contributed by atoms with Gasteiger partial charge in [-0.25, -0.2) is 9.13 Å². The second-order valence-corrected chi connectivity index (χ2v) is 31.5. The van der Waals surface area contributed by atoms with Crippen LogP contribution in [0.15, 0.2) is 0 Å². The molecule has 0 rings (SSSR count). The van der Waals surface area contributed by atoms with Crippen LogP contribution >= 0.6 is 15.6 Å². The molecule has 0 spiro atoms. The van der Waals surface area contributed by atoms with Crippen molar-refractivity contribution in [2.75, 3.05) is 39.6 Å². The van der Waals surface area contributed by atoms with Gasteiger partial charge in [0, 0.05) is 25.7 Å². The first-order chi connectivity index (χ1) is 47.0. The van der Waals surface area contributed by atoms with Crippen LogP contribution in [0.1, 0.15) is 413 Å². The standard InChI is InChI=1S/C78H152O17P2/c1-6-9-12-15-18-21-23-25-27-29-30-31-33-35-37-39-42-48-53-58-63-77(82)94-73(68-89-76(81)62-57-52-47-41-38-36-34-32-28-26-24-22-19-16-13-10-7-2)69-92-96(84,85)90-65-72(79)66-91-97(86,87)93-70-74(67-88-75(80)61-56-51-46-40-20-17-14-11-8-3)95-78(83)64-59-54-49-44-43-45-50-55-60-71(4)5/h71-74,79H,6-70H2,1-5H3,(H,84,85)(H,86,87)/t72-,73-,74-/m1/s1. The summed E-state index contributed by atoms with van der Waals surface area (Å²) >= 11 is 0. The van der Waals surface area contributed by atoms with E-state index in [1.807, 2.05) is 0 Å². The van der Waals surface area contributed by atoms with E-state index >= 15 is 0 Å². The first-order valence-corrected chi connectivity index (χ1v) is 43.6. The Morgan fingerprint density at radius 1 is 0.278 bits per heavy atom. The lowest BCUT2D eigenvalue weighted by molar-refractivity contribution is -0.161. The van der Waals surface area contributed by atoms with Crippen LogP contribution in [0.2, 0.25) is 0 Å². The number of phosphoric acid groups is 2. The van der Waals surface area contributed by atoms with Crippen LogP contribution in [0.3, 0.4) is 0 Å². The summed E-state index contributed by atoms with van der Waals surface area (Å²) in [5.74, 6) is -1.40. The molecule has 0 amide bonds. The maximum Gasteiger partial charge on any atom is 0.472 e. The molecule has 0 aromatic carbocycles. The topological polar surface area (TPSA) is 237 Å². The molecule has 0 fully saturated rings. The minimum atomic E-state index is -4.96. The smallest absolute Gasteiger partial charge is 0.462 e. The highest BCUT2D eigenvalue weighted by Crippen LogP contribution is 2.45. The van der Waals surface area contributed by atoms with E-state index in [2.05, 4.69) is 34.6 Å². The minimum Gasteiger partial charge on any atom is -0.462 e. The SMILES string of the molecule is CCCCCCCCCCCCCCCCCCCCCCC(=O)O[C@H](COC(=O)CCCCCCCCCCCCCCCCCCC)COP(=O)(O)OC[C@@H](O)COP(=O)(O)OC[C@@H](COC(=O)CCCCCCCCCCC)OC(=O)CCCCCCCCCCC(C)C. The summed E-state index contributed by atoms with van der Waals surface area (Å²) in [4.78, 5) is 72.8. The third kappa shape index (κ3) is 72.2. The third-order valence-electron chi connectivity index (χ3n) is 18.3. The summed E-state index contributed by atoms with van der Waals surface area (Å²) in [5.41, 5.74) is 0. The summed E-state index contributed by atoms with van der Waals surface area (Å²) in [6.45, 7) is 7.25. The Hall–Kier alpha value is -1.94. The lowest BCUT2D eigenvalue weighted by atomic mass is 10.0. The molecule has 0 aliphatic rings. The van der Waals surface area contributed by atoms with Gasteiger partial charge < -0.3 is 33.8 Å². The number of hydrogen-bond acceptors (Lipinski definition) is 15. The predicted molar refractivity (Wildman–Crippen MR) is 395 cm³/mol. The number of phosphoric ester groups is 2. The fourth-order valence-electron chi connectivity index (χ4n) is 12.1. The number of unbranched alkanes of at least 4 members (excludes halogenated alkanes) is 50. The molecule has 5 atom stereocenters. The molecular formula is C78H152O17P2. The average molecular weight is 1420 g/mol. The lowest BCUT2D eigenvalue weighted by Crippen LogP contribution is -2.30. The van der Waals surface area contributed by atoms with Gasteiger partial charge in [0.1, 0.15) is 19.3 Å². The molecule has 0 saturated heterocycles. The summed E-state index contributed by atoms with van der Waals surface area (Å²) in [6, 6.07) is 0. The second-order valence-electron chi connectivity index (χ2n) is 28.6. The van der Waals surface area contributed by atoms with Crippen molar-refractivity contribution in [2.45, 2.75) is 432 Å². The summed E-state index contributed by atoms with van der Waals surface area (Å²) in [6.07, 6.45) is 61.2. The van der Waals surface area contributed by atoms with E-state index in [1.54, 1.807) is 0 Å². The van der Waals surface area contributed by atoms with Crippen molar-refractivity contribution >= 4 is 39.5 Å². The summed E-state index contributed by atoms with van der Waals surface area (Å²) < 4.78 is 68.5. The van der Waals surface area contributed by atoms with E-state index in [1.165, 1.54) is 238 Å². The number of aliphatic hydroxyl groups is 1. The zero-order valence-electron chi connectivity index (χ0n) is 63.2. The van der Waals surface area contributed by atoms with Crippen LogP contribution < -0.4 is 0 Å². The van der Waals surface area contributed by atoms with E-state index in [0.29, 0.717) is 25.7 Å². The van der Waals surface area contributed by atoms with Gasteiger partial charge >= 0.3 is 39.5 Å². The molecule has 0 aromatic heterocycles. The van der Waals surface area contributed by atoms with Gasteiger partial charge in [-0.1, -0.05) is 362 Å². The zero-order chi connectivity index (χ0) is 71.2. The maximum atomic E-state index is 13.1. The van der Waals surface area contributed by atoms with E-state index < -0.39 is 97.5 Å². The van der Waals surface area contributed by atoms with Crippen LogP contribution in [0, 0.1) is 5.92 Å². The van der Waals surface area contributed by atoms with Crippen LogP contribution in [-0.4, -0.2) is 96.7 Å². The molecule has 0 saturated carbocycles. The van der Waals surface area contributed by atoms with Crippen molar-refractivity contribution < 1.29 is 80.2 Å². The largest absolute Gasteiger partial charge is 0.472 e. The van der Waals surface area contributed by atoms with Crippen LogP contribution in [0.4, 0.5) is 0 Å². The van der Waals surface area contributed by atoms with Gasteiger partial charge in [0.05, 0.1) is 26.4 Å². The number of rotatable bonds is 78. The van der Waals surface area contributed by atoms with E-state index in [0.717, 1.165) is 95.8 Å². The summed E-state index contributed by atoms with van der Waals surface area (Å²) in [7, 11) is -9.91. The lowest BCUT2D eigenvalue weighted by Gasteiger charge is -2.21. The van der Waals surface area contributed by atoms with Crippen molar-refractivity contribution in [3.05, 3.63) is 0 Å². The molecule has 0 aliphatic carbocycles. The van der Waals surface area contributed by atoms with Crippen molar-refractivity contribution in [3.8, 4) is 0 Å². The fraction of sp³-hybridized carbons (Fsp3) is 0.949. The molecule has 0 radical (unpaired) electrons. The van der Waals surface area contributed by atoms with Crippen LogP contribution in [0.25, 0.3) is 0 Å². The van der Waals surface area contributed by atoms with E-state index in [9.17, 15) is 43.2 Å². The highest BCUT2D eigenvalue weighted by molar-refractivity contribution is 7.47. The highest BCUT2D eigenvalue weighted by atomic mass is 31.2. The Balaban J connectivity index is 5.20. The molecule has 576 valence electrons. The van der Waals surface area contributed by atoms with Crippen molar-refractivity contribution in [2.24, 2.45) is 5.92 Å². The van der Waals surface area contributed by atoms with E-state index in [4.69, 9.17) is 37.0 Å². The Kier molecular flexibility index (Phi) is 69.6. The number of carbonyl (C=O) groups is 4. The molecule has 3 N–H and O–H groups in total. The average Bonchev–Trinajstić information content (AvgIpc) is 1.49. The van der Waals surface area contributed by atoms with Gasteiger partial charge in [-0.05, 0) is 31.6 Å². The fourth-order valence-corrected chi connectivity index (χ4v) is 13.6. The quantitative estimate of drug-likeness (QED) is 0.0222. The number of aliphatic hydroxyl groups excluding tert-OH is 1. The Labute approximate surface area is 594 Å². The minimum absolute atomic E-state index is 0.105. The van der Waals surface area contributed by atoms with Gasteiger partial charge in [-0.2, -0.15) is 0 Å².